The predicted molar refractivity (Wildman–Crippen MR) is 87.6 cm³/mol. The minimum Gasteiger partial charge on any atom is -0.462 e. The van der Waals surface area contributed by atoms with Crippen LogP contribution < -0.4 is 0 Å². The summed E-state index contributed by atoms with van der Waals surface area (Å²) in [5, 5.41) is 0. The number of hydrogen-bond acceptors (Lipinski definition) is 3. The van der Waals surface area contributed by atoms with Crippen molar-refractivity contribution in [2.75, 3.05) is 0 Å². The van der Waals surface area contributed by atoms with Crippen LogP contribution in [0.15, 0.2) is 12.2 Å². The highest BCUT2D eigenvalue weighted by Crippen LogP contribution is 2.69. The predicted octanol–water partition coefficient (Wildman–Crippen LogP) is 4.06. The first kappa shape index (κ1) is 15.4. The molecule has 5 saturated carbocycles. The Morgan fingerprint density at radius 2 is 2.09 bits per heavy atom. The van der Waals surface area contributed by atoms with E-state index in [0.29, 0.717) is 24.0 Å². The number of ketones is 1. The van der Waals surface area contributed by atoms with Crippen molar-refractivity contribution >= 4 is 11.8 Å². The van der Waals surface area contributed by atoms with Crippen LogP contribution in [0.5, 0.6) is 0 Å². The van der Waals surface area contributed by atoms with E-state index in [9.17, 15) is 9.59 Å². The lowest BCUT2D eigenvalue weighted by Crippen LogP contribution is -2.64. The van der Waals surface area contributed by atoms with Crippen molar-refractivity contribution in [3.8, 4) is 0 Å². The zero-order valence-electron chi connectivity index (χ0n) is 14.4. The van der Waals surface area contributed by atoms with Crippen LogP contribution in [0.2, 0.25) is 0 Å². The van der Waals surface area contributed by atoms with Crippen molar-refractivity contribution in [3.05, 3.63) is 12.2 Å². The van der Waals surface area contributed by atoms with Gasteiger partial charge >= 0.3 is 5.97 Å². The Hall–Kier alpha value is -1.12. The summed E-state index contributed by atoms with van der Waals surface area (Å²) in [5.74, 6) is 1.42. The van der Waals surface area contributed by atoms with Crippen LogP contribution in [0.25, 0.3) is 0 Å². The Kier molecular flexibility index (Phi) is 3.31. The van der Waals surface area contributed by atoms with Gasteiger partial charge in [-0.2, -0.15) is 0 Å². The van der Waals surface area contributed by atoms with Gasteiger partial charge in [0, 0.05) is 24.7 Å². The largest absolute Gasteiger partial charge is 0.462 e. The molecule has 0 heterocycles. The molecule has 0 aliphatic heterocycles. The molecule has 5 fully saturated rings. The fourth-order valence-corrected chi connectivity index (χ4v) is 6.82. The van der Waals surface area contributed by atoms with E-state index in [4.69, 9.17) is 4.74 Å². The summed E-state index contributed by atoms with van der Waals surface area (Å²) in [6, 6.07) is 0. The highest BCUT2D eigenvalue weighted by Gasteiger charge is 2.66. The molecule has 0 N–H and O–H groups in total. The standard InChI is InChI=1S/C20H28O3/c1-12-11-20-8-6-14(12)9-17(20)19(3)7-4-5-16(22)15(19)10-18(20)23-13(2)21/h14-15,17-18H,1,4-11H2,2-3H3/t14-,15+,17-,18-,19+,20+/m0/s1. The molecule has 0 amide bonds. The molecule has 1 spiro atoms. The summed E-state index contributed by atoms with van der Waals surface area (Å²) in [6.07, 6.45) is 8.00. The van der Waals surface area contributed by atoms with Gasteiger partial charge in [-0.05, 0) is 62.2 Å². The van der Waals surface area contributed by atoms with Gasteiger partial charge in [0.15, 0.2) is 0 Å². The molecule has 0 saturated heterocycles. The number of allylic oxidation sites excluding steroid dienone is 1. The maximum Gasteiger partial charge on any atom is 0.302 e. The molecule has 3 nitrogen and oxygen atoms in total. The number of fused-ring (bicyclic) bond motifs is 3. The second-order valence-electron chi connectivity index (χ2n) is 8.80. The maximum atomic E-state index is 12.6. The fraction of sp³-hybridized carbons (Fsp3) is 0.800. The number of rotatable bonds is 1. The second kappa shape index (κ2) is 4.94. The molecule has 3 heteroatoms. The molecule has 6 atom stereocenters. The van der Waals surface area contributed by atoms with Crippen molar-refractivity contribution in [2.24, 2.45) is 28.6 Å². The van der Waals surface area contributed by atoms with E-state index < -0.39 is 0 Å². The number of Topliss-reactive ketones (excluding diaryl/α,β-unsaturated/α-hetero) is 1. The zero-order valence-corrected chi connectivity index (χ0v) is 14.4. The van der Waals surface area contributed by atoms with E-state index in [1.165, 1.54) is 18.9 Å². The Balaban J connectivity index is 1.79. The fourth-order valence-electron chi connectivity index (χ4n) is 6.82. The summed E-state index contributed by atoms with van der Waals surface area (Å²) >= 11 is 0. The molecule has 0 aromatic rings. The lowest BCUT2D eigenvalue weighted by molar-refractivity contribution is -0.210. The van der Waals surface area contributed by atoms with Crippen LogP contribution in [0, 0.1) is 28.6 Å². The Morgan fingerprint density at radius 3 is 2.78 bits per heavy atom. The molecule has 0 unspecified atom stereocenters. The number of carbonyl (C=O) groups is 2. The molecule has 0 radical (unpaired) electrons. The number of esters is 1. The molecule has 5 aliphatic rings. The topological polar surface area (TPSA) is 43.4 Å². The van der Waals surface area contributed by atoms with Crippen LogP contribution >= 0.6 is 0 Å². The minimum absolute atomic E-state index is 0.0420. The smallest absolute Gasteiger partial charge is 0.302 e. The Labute approximate surface area is 138 Å². The number of hydrogen-bond donors (Lipinski definition) is 0. The summed E-state index contributed by atoms with van der Waals surface area (Å²) in [4.78, 5) is 24.4. The van der Waals surface area contributed by atoms with Gasteiger partial charge in [0.1, 0.15) is 11.9 Å². The third kappa shape index (κ3) is 2.01. The average Bonchev–Trinajstić information content (AvgIpc) is 2.49. The van der Waals surface area contributed by atoms with E-state index in [1.54, 1.807) is 0 Å². The molecule has 5 rings (SSSR count). The quantitative estimate of drug-likeness (QED) is 0.541. The van der Waals surface area contributed by atoms with Gasteiger partial charge in [-0.1, -0.05) is 19.1 Å². The molecule has 5 aliphatic carbocycles. The van der Waals surface area contributed by atoms with Crippen LogP contribution in [0.1, 0.15) is 65.2 Å². The van der Waals surface area contributed by atoms with Crippen LogP contribution in [-0.2, 0) is 14.3 Å². The van der Waals surface area contributed by atoms with Gasteiger partial charge in [0.25, 0.3) is 0 Å². The normalized spacial score (nSPS) is 48.6. The highest BCUT2D eigenvalue weighted by molar-refractivity contribution is 5.83. The molecule has 2 bridgehead atoms. The van der Waals surface area contributed by atoms with E-state index in [0.717, 1.165) is 38.5 Å². The monoisotopic (exact) mass is 316 g/mol. The molecule has 23 heavy (non-hydrogen) atoms. The van der Waals surface area contributed by atoms with Gasteiger partial charge in [-0.3, -0.25) is 9.59 Å². The zero-order chi connectivity index (χ0) is 16.4. The van der Waals surface area contributed by atoms with Gasteiger partial charge < -0.3 is 4.74 Å². The van der Waals surface area contributed by atoms with Gasteiger partial charge in [0.05, 0.1) is 0 Å². The van der Waals surface area contributed by atoms with Crippen molar-refractivity contribution in [1.29, 1.82) is 0 Å². The number of ether oxygens (including phenoxy) is 1. The van der Waals surface area contributed by atoms with Crippen molar-refractivity contribution in [2.45, 2.75) is 71.3 Å². The summed E-state index contributed by atoms with van der Waals surface area (Å²) in [6.45, 7) is 8.19. The van der Waals surface area contributed by atoms with Gasteiger partial charge in [-0.25, -0.2) is 0 Å². The van der Waals surface area contributed by atoms with Gasteiger partial charge in [-0.15, -0.1) is 0 Å². The lowest BCUT2D eigenvalue weighted by atomic mass is 9.38. The van der Waals surface area contributed by atoms with Crippen LogP contribution in [-0.4, -0.2) is 17.9 Å². The van der Waals surface area contributed by atoms with Crippen LogP contribution in [0.4, 0.5) is 0 Å². The lowest BCUT2D eigenvalue weighted by Gasteiger charge is -2.66. The van der Waals surface area contributed by atoms with Crippen LogP contribution in [0.3, 0.4) is 0 Å². The third-order valence-electron chi connectivity index (χ3n) is 7.82. The van der Waals surface area contributed by atoms with E-state index in [-0.39, 0.29) is 28.8 Å². The minimum atomic E-state index is -0.201. The van der Waals surface area contributed by atoms with Gasteiger partial charge in [0.2, 0.25) is 0 Å². The molecule has 0 aromatic carbocycles. The maximum absolute atomic E-state index is 12.6. The summed E-state index contributed by atoms with van der Waals surface area (Å²) in [7, 11) is 0. The van der Waals surface area contributed by atoms with E-state index >= 15 is 0 Å². The number of carbonyl (C=O) groups excluding carboxylic acids is 2. The van der Waals surface area contributed by atoms with Crippen molar-refractivity contribution in [1.82, 2.24) is 0 Å². The summed E-state index contributed by atoms with van der Waals surface area (Å²) < 4.78 is 5.84. The first-order valence-corrected chi connectivity index (χ1v) is 9.24. The Morgan fingerprint density at radius 1 is 1.30 bits per heavy atom. The SMILES string of the molecule is C=C1C[C@]23CC[C@H]1C[C@H]2[C@]1(C)CCCC(=O)[C@H]1C[C@@H]3OC(C)=O. The highest BCUT2D eigenvalue weighted by atomic mass is 16.5. The molecule has 0 aromatic heterocycles. The van der Waals surface area contributed by atoms with E-state index in [1.807, 2.05) is 0 Å². The average molecular weight is 316 g/mol. The molecular formula is C20H28O3. The molecular weight excluding hydrogens is 288 g/mol. The third-order valence-corrected chi connectivity index (χ3v) is 7.82. The summed E-state index contributed by atoms with van der Waals surface area (Å²) in [5.41, 5.74) is 1.50. The second-order valence-corrected chi connectivity index (χ2v) is 8.80. The first-order valence-electron chi connectivity index (χ1n) is 9.24. The van der Waals surface area contributed by atoms with Crippen molar-refractivity contribution in [3.63, 3.8) is 0 Å². The van der Waals surface area contributed by atoms with E-state index in [2.05, 4.69) is 13.5 Å². The molecule has 126 valence electrons. The van der Waals surface area contributed by atoms with Crippen molar-refractivity contribution < 1.29 is 14.3 Å². The first-order chi connectivity index (χ1) is 10.9. The Bertz CT molecular complexity index is 579.